The molecule has 0 spiro atoms. The Bertz CT molecular complexity index is 782. The molecule has 2 saturated heterocycles. The molecule has 1 unspecified atom stereocenters. The van der Waals surface area contributed by atoms with E-state index in [1.165, 1.54) is 40.6 Å². The quantitative estimate of drug-likeness (QED) is 0.609. The van der Waals surface area contributed by atoms with Crippen molar-refractivity contribution >= 4 is 11.8 Å². The van der Waals surface area contributed by atoms with Gasteiger partial charge in [-0.3, -0.25) is 14.5 Å². The molecule has 2 aliphatic heterocycles. The standard InChI is InChI=1S/C25H39N3O5/c1-18-7-5-6-11-27(18)14-10-26-23(29)15-19-8-12-28(13-9-19)25(30)20-16-21(31-2)24(33-4)22(17-20)32-3/h16-19H,5-15H2,1-4H3,(H,26,29). The van der Waals surface area contributed by atoms with Gasteiger partial charge in [-0.25, -0.2) is 0 Å². The van der Waals surface area contributed by atoms with Crippen LogP contribution in [0.5, 0.6) is 17.2 Å². The van der Waals surface area contributed by atoms with E-state index in [1.807, 2.05) is 4.90 Å². The number of methoxy groups -OCH3 is 3. The van der Waals surface area contributed by atoms with Gasteiger partial charge in [0.25, 0.3) is 5.91 Å². The highest BCUT2D eigenvalue weighted by molar-refractivity contribution is 5.95. The van der Waals surface area contributed by atoms with Crippen molar-refractivity contribution in [3.05, 3.63) is 17.7 Å². The number of nitrogens with zero attached hydrogens (tertiary/aromatic N) is 2. The molecule has 0 bridgehead atoms. The lowest BCUT2D eigenvalue weighted by Gasteiger charge is -2.33. The molecule has 2 fully saturated rings. The van der Waals surface area contributed by atoms with E-state index < -0.39 is 0 Å². The second-order valence-electron chi connectivity index (χ2n) is 9.08. The van der Waals surface area contributed by atoms with E-state index >= 15 is 0 Å². The lowest BCUT2D eigenvalue weighted by atomic mass is 9.92. The van der Waals surface area contributed by atoms with E-state index in [-0.39, 0.29) is 11.8 Å². The molecule has 8 heteroatoms. The number of rotatable bonds is 9. The molecule has 33 heavy (non-hydrogen) atoms. The van der Waals surface area contributed by atoms with Crippen molar-refractivity contribution in [2.45, 2.75) is 51.5 Å². The zero-order chi connectivity index (χ0) is 23.8. The van der Waals surface area contributed by atoms with Crippen molar-refractivity contribution in [1.29, 1.82) is 0 Å². The van der Waals surface area contributed by atoms with Crippen LogP contribution in [0.1, 0.15) is 55.8 Å². The first-order chi connectivity index (χ1) is 16.0. The van der Waals surface area contributed by atoms with Crippen LogP contribution in [0.2, 0.25) is 0 Å². The summed E-state index contributed by atoms with van der Waals surface area (Å²) < 4.78 is 16.1. The van der Waals surface area contributed by atoms with Crippen molar-refractivity contribution in [2.24, 2.45) is 5.92 Å². The fraction of sp³-hybridized carbons (Fsp3) is 0.680. The van der Waals surface area contributed by atoms with Crippen LogP contribution in [0, 0.1) is 5.92 Å². The Labute approximate surface area is 197 Å². The van der Waals surface area contributed by atoms with E-state index in [0.717, 1.165) is 25.9 Å². The number of hydrogen-bond acceptors (Lipinski definition) is 6. The van der Waals surface area contributed by atoms with Gasteiger partial charge in [-0.1, -0.05) is 6.42 Å². The van der Waals surface area contributed by atoms with Crippen LogP contribution in [0.15, 0.2) is 12.1 Å². The van der Waals surface area contributed by atoms with E-state index in [1.54, 1.807) is 12.1 Å². The number of likely N-dealkylation sites (tertiary alicyclic amines) is 2. The molecule has 0 aromatic heterocycles. The number of nitrogens with one attached hydrogen (secondary N) is 1. The van der Waals surface area contributed by atoms with Crippen molar-refractivity contribution in [3.63, 3.8) is 0 Å². The number of carbonyl (C=O) groups excluding carboxylic acids is 2. The zero-order valence-electron chi connectivity index (χ0n) is 20.5. The predicted molar refractivity (Wildman–Crippen MR) is 127 cm³/mol. The summed E-state index contributed by atoms with van der Waals surface area (Å²) in [5.41, 5.74) is 0.507. The van der Waals surface area contributed by atoms with Gasteiger partial charge in [0.05, 0.1) is 21.3 Å². The highest BCUT2D eigenvalue weighted by Gasteiger charge is 2.27. The Kier molecular flexibility index (Phi) is 9.23. The van der Waals surface area contributed by atoms with Crippen LogP contribution < -0.4 is 19.5 Å². The van der Waals surface area contributed by atoms with Crippen molar-refractivity contribution in [2.75, 3.05) is 54.1 Å². The van der Waals surface area contributed by atoms with Crippen LogP contribution in [0.4, 0.5) is 0 Å². The summed E-state index contributed by atoms with van der Waals surface area (Å²) >= 11 is 0. The van der Waals surface area contributed by atoms with E-state index in [0.29, 0.717) is 60.8 Å². The first kappa shape index (κ1) is 25.1. The molecule has 1 atom stereocenters. The molecule has 184 valence electrons. The summed E-state index contributed by atoms with van der Waals surface area (Å²) in [7, 11) is 4.61. The molecule has 3 rings (SSSR count). The van der Waals surface area contributed by atoms with Gasteiger partial charge in [0, 0.05) is 44.2 Å². The van der Waals surface area contributed by atoms with E-state index in [2.05, 4.69) is 17.1 Å². The number of hydrogen-bond donors (Lipinski definition) is 1. The molecule has 0 radical (unpaired) electrons. The number of ether oxygens (including phenoxy) is 3. The maximum atomic E-state index is 13.1. The van der Waals surface area contributed by atoms with Gasteiger partial charge in [-0.15, -0.1) is 0 Å². The first-order valence-electron chi connectivity index (χ1n) is 12.1. The SMILES string of the molecule is COc1cc(C(=O)N2CCC(CC(=O)NCCN3CCCCC3C)CC2)cc(OC)c1OC. The molecule has 2 amide bonds. The Morgan fingerprint density at radius 1 is 0.970 bits per heavy atom. The number of benzene rings is 1. The summed E-state index contributed by atoms with van der Waals surface area (Å²) in [5.74, 6) is 1.76. The molecule has 2 heterocycles. The van der Waals surface area contributed by atoms with Gasteiger partial charge in [-0.05, 0) is 57.2 Å². The Morgan fingerprint density at radius 3 is 2.21 bits per heavy atom. The molecule has 8 nitrogen and oxygen atoms in total. The monoisotopic (exact) mass is 461 g/mol. The average molecular weight is 462 g/mol. The van der Waals surface area contributed by atoms with Gasteiger partial charge < -0.3 is 24.4 Å². The van der Waals surface area contributed by atoms with Gasteiger partial charge in [0.2, 0.25) is 11.7 Å². The third-order valence-electron chi connectivity index (χ3n) is 6.95. The van der Waals surface area contributed by atoms with Gasteiger partial charge in [-0.2, -0.15) is 0 Å². The fourth-order valence-electron chi connectivity index (χ4n) is 4.89. The van der Waals surface area contributed by atoms with E-state index in [9.17, 15) is 9.59 Å². The topological polar surface area (TPSA) is 80.3 Å². The smallest absolute Gasteiger partial charge is 0.254 e. The second kappa shape index (κ2) is 12.1. The van der Waals surface area contributed by atoms with Crippen LogP contribution in [0.25, 0.3) is 0 Å². The molecule has 1 aromatic carbocycles. The molecular weight excluding hydrogens is 422 g/mol. The van der Waals surface area contributed by atoms with Crippen molar-refractivity contribution < 1.29 is 23.8 Å². The average Bonchev–Trinajstić information content (AvgIpc) is 2.84. The minimum atomic E-state index is -0.0622. The summed E-state index contributed by atoms with van der Waals surface area (Å²) in [6.07, 6.45) is 6.00. The zero-order valence-corrected chi connectivity index (χ0v) is 20.5. The molecule has 1 aromatic rings. The third-order valence-corrected chi connectivity index (χ3v) is 6.95. The Morgan fingerprint density at radius 2 is 1.64 bits per heavy atom. The summed E-state index contributed by atoms with van der Waals surface area (Å²) in [4.78, 5) is 29.8. The fourth-order valence-corrected chi connectivity index (χ4v) is 4.89. The second-order valence-corrected chi connectivity index (χ2v) is 9.08. The Balaban J connectivity index is 1.45. The normalized spacial score (nSPS) is 19.8. The molecular formula is C25H39N3O5. The summed E-state index contributed by atoms with van der Waals surface area (Å²) in [5, 5.41) is 3.09. The number of piperidine rings is 2. The highest BCUT2D eigenvalue weighted by Crippen LogP contribution is 2.38. The van der Waals surface area contributed by atoms with Gasteiger partial charge in [0.1, 0.15) is 0 Å². The van der Waals surface area contributed by atoms with Crippen LogP contribution in [0.3, 0.4) is 0 Å². The molecule has 0 aliphatic carbocycles. The summed E-state index contributed by atoms with van der Waals surface area (Å²) in [6.45, 7) is 6.32. The third kappa shape index (κ3) is 6.53. The molecule has 1 N–H and O–H groups in total. The molecule has 2 aliphatic rings. The van der Waals surface area contributed by atoms with Gasteiger partial charge >= 0.3 is 0 Å². The maximum Gasteiger partial charge on any atom is 0.254 e. The summed E-state index contributed by atoms with van der Waals surface area (Å²) in [6, 6.07) is 3.99. The van der Waals surface area contributed by atoms with E-state index in [4.69, 9.17) is 14.2 Å². The number of amides is 2. The highest BCUT2D eigenvalue weighted by atomic mass is 16.5. The largest absolute Gasteiger partial charge is 0.493 e. The van der Waals surface area contributed by atoms with Crippen LogP contribution >= 0.6 is 0 Å². The van der Waals surface area contributed by atoms with Gasteiger partial charge in [0.15, 0.2) is 11.5 Å². The van der Waals surface area contributed by atoms with Crippen LogP contribution in [-0.4, -0.2) is 81.7 Å². The lowest BCUT2D eigenvalue weighted by molar-refractivity contribution is -0.122. The van der Waals surface area contributed by atoms with Crippen LogP contribution in [-0.2, 0) is 4.79 Å². The van der Waals surface area contributed by atoms with Crippen molar-refractivity contribution in [1.82, 2.24) is 15.1 Å². The maximum absolute atomic E-state index is 13.1. The lowest BCUT2D eigenvalue weighted by Crippen LogP contribution is -2.43. The molecule has 0 saturated carbocycles. The Hall–Kier alpha value is -2.48. The van der Waals surface area contributed by atoms with Crippen molar-refractivity contribution in [3.8, 4) is 17.2 Å². The minimum Gasteiger partial charge on any atom is -0.493 e. The first-order valence-corrected chi connectivity index (χ1v) is 12.1. The number of carbonyl (C=O) groups is 2. The minimum absolute atomic E-state index is 0.0622. The predicted octanol–water partition coefficient (Wildman–Crippen LogP) is 2.95.